The molecule has 1 aromatic heterocycles. The van der Waals surface area contributed by atoms with Crippen LogP contribution < -0.4 is 10.6 Å². The number of aliphatic imine (C=N–C) groups is 1. The first-order chi connectivity index (χ1) is 12.2. The van der Waals surface area contributed by atoms with Gasteiger partial charge in [0.2, 0.25) is 0 Å². The van der Waals surface area contributed by atoms with Crippen molar-refractivity contribution in [3.05, 3.63) is 11.6 Å². The fourth-order valence-electron chi connectivity index (χ4n) is 4.37. The number of nitrogens with one attached hydrogen (secondary N) is 2. The third-order valence-corrected chi connectivity index (χ3v) is 6.14. The Morgan fingerprint density at radius 3 is 2.77 bits per heavy atom. The van der Waals surface area contributed by atoms with Crippen molar-refractivity contribution >= 4 is 29.9 Å². The molecule has 0 saturated heterocycles. The molecule has 0 aromatic carbocycles. The maximum absolute atomic E-state index is 5.14. The van der Waals surface area contributed by atoms with Gasteiger partial charge in [-0.2, -0.15) is 5.10 Å². The largest absolute Gasteiger partial charge is 0.377 e. The molecule has 2 N–H and O–H groups in total. The topological polar surface area (TPSA) is 76.4 Å². The number of aryl methyl sites for hydroxylation is 1. The van der Waals surface area contributed by atoms with Gasteiger partial charge in [-0.15, -0.1) is 24.0 Å². The van der Waals surface area contributed by atoms with E-state index < -0.39 is 0 Å². The molecule has 0 radical (unpaired) electrons. The Bertz CT molecular complexity index is 638. The average Bonchev–Trinajstić information content (AvgIpc) is 3.33. The van der Waals surface area contributed by atoms with Crippen LogP contribution in [0.25, 0.3) is 0 Å². The molecular weight excluding hydrogens is 443 g/mol. The van der Waals surface area contributed by atoms with Gasteiger partial charge in [-0.25, -0.2) is 9.67 Å². The van der Waals surface area contributed by atoms with E-state index in [9.17, 15) is 0 Å². The third kappa shape index (κ3) is 4.16. The van der Waals surface area contributed by atoms with E-state index in [1.165, 1.54) is 32.1 Å². The molecule has 3 aliphatic rings. The van der Waals surface area contributed by atoms with Gasteiger partial charge >= 0.3 is 0 Å². The molecule has 1 unspecified atom stereocenters. The number of ether oxygens (including phenoxy) is 1. The molecular formula is C18H31IN6O. The number of nitrogens with zero attached hydrogens (tertiary/aromatic N) is 4. The molecule has 2 heterocycles. The predicted molar refractivity (Wildman–Crippen MR) is 112 cm³/mol. The second-order valence-electron chi connectivity index (χ2n) is 7.86. The fourth-order valence-corrected chi connectivity index (χ4v) is 4.37. The Hall–Kier alpha value is -0.900. The van der Waals surface area contributed by atoms with E-state index in [0.717, 1.165) is 49.5 Å². The summed E-state index contributed by atoms with van der Waals surface area (Å²) in [5, 5.41) is 11.7. The van der Waals surface area contributed by atoms with Crippen LogP contribution in [0.4, 0.5) is 0 Å². The van der Waals surface area contributed by atoms with E-state index in [1.54, 1.807) is 7.11 Å². The lowest BCUT2D eigenvalue weighted by atomic mass is 9.65. The number of hydrogen-bond acceptors (Lipinski definition) is 4. The number of hydrogen-bond donors (Lipinski definition) is 2. The average molecular weight is 474 g/mol. The van der Waals surface area contributed by atoms with Gasteiger partial charge in [-0.05, 0) is 43.4 Å². The Balaban J connectivity index is 0.00000196. The summed E-state index contributed by atoms with van der Waals surface area (Å²) in [5.74, 6) is 3.73. The van der Waals surface area contributed by atoms with Crippen LogP contribution in [0.2, 0.25) is 0 Å². The zero-order chi connectivity index (χ0) is 17.3. The first-order valence-electron chi connectivity index (χ1n) is 9.61. The van der Waals surface area contributed by atoms with Gasteiger partial charge in [0.25, 0.3) is 0 Å². The van der Waals surface area contributed by atoms with Gasteiger partial charge < -0.3 is 15.4 Å². The van der Waals surface area contributed by atoms with E-state index in [4.69, 9.17) is 4.74 Å². The van der Waals surface area contributed by atoms with Crippen LogP contribution in [0.1, 0.15) is 50.2 Å². The Morgan fingerprint density at radius 2 is 2.15 bits per heavy atom. The summed E-state index contributed by atoms with van der Waals surface area (Å²) in [6.45, 7) is 2.38. The Kier molecular flexibility index (Phi) is 6.42. The van der Waals surface area contributed by atoms with Crippen LogP contribution in [0, 0.1) is 11.3 Å². The lowest BCUT2D eigenvalue weighted by Gasteiger charge is -2.43. The molecule has 2 saturated carbocycles. The predicted octanol–water partition coefficient (Wildman–Crippen LogP) is 2.10. The van der Waals surface area contributed by atoms with Crippen molar-refractivity contribution < 1.29 is 4.74 Å². The number of methoxy groups -OCH3 is 1. The molecule has 2 fully saturated rings. The summed E-state index contributed by atoms with van der Waals surface area (Å²) < 4.78 is 7.15. The normalized spacial score (nSPS) is 24.2. The quantitative estimate of drug-likeness (QED) is 0.375. The van der Waals surface area contributed by atoms with Gasteiger partial charge in [0.1, 0.15) is 12.4 Å². The highest BCUT2D eigenvalue weighted by Gasteiger charge is 2.48. The van der Waals surface area contributed by atoms with Crippen molar-refractivity contribution in [1.29, 1.82) is 0 Å². The van der Waals surface area contributed by atoms with Gasteiger partial charge in [0.05, 0.1) is 6.54 Å². The summed E-state index contributed by atoms with van der Waals surface area (Å²) in [6.07, 6.45) is 9.01. The zero-order valence-corrected chi connectivity index (χ0v) is 18.2. The zero-order valence-electron chi connectivity index (χ0n) is 15.8. The van der Waals surface area contributed by atoms with E-state index in [-0.39, 0.29) is 24.0 Å². The fraction of sp³-hybridized carbons (Fsp3) is 0.833. The van der Waals surface area contributed by atoms with Crippen molar-refractivity contribution in [2.45, 2.75) is 64.1 Å². The monoisotopic (exact) mass is 474 g/mol. The van der Waals surface area contributed by atoms with Gasteiger partial charge in [0.15, 0.2) is 11.8 Å². The second kappa shape index (κ2) is 8.41. The van der Waals surface area contributed by atoms with E-state index >= 15 is 0 Å². The molecule has 146 valence electrons. The molecule has 0 spiro atoms. The molecule has 1 aliphatic heterocycles. The minimum atomic E-state index is 0. The summed E-state index contributed by atoms with van der Waals surface area (Å²) in [7, 11) is 3.54. The summed E-state index contributed by atoms with van der Waals surface area (Å²) in [4.78, 5) is 8.98. The number of halogens is 1. The summed E-state index contributed by atoms with van der Waals surface area (Å²) in [5.41, 5.74) is 0.554. The molecule has 2 aliphatic carbocycles. The van der Waals surface area contributed by atoms with Crippen molar-refractivity contribution in [2.24, 2.45) is 16.3 Å². The smallest absolute Gasteiger partial charge is 0.191 e. The van der Waals surface area contributed by atoms with Crippen LogP contribution in [-0.4, -0.2) is 47.5 Å². The third-order valence-electron chi connectivity index (χ3n) is 6.14. The van der Waals surface area contributed by atoms with Gasteiger partial charge in [-0.1, -0.05) is 6.42 Å². The first-order valence-corrected chi connectivity index (χ1v) is 9.61. The van der Waals surface area contributed by atoms with Crippen molar-refractivity contribution in [3.63, 3.8) is 0 Å². The highest BCUT2D eigenvalue weighted by molar-refractivity contribution is 14.0. The summed E-state index contributed by atoms with van der Waals surface area (Å²) >= 11 is 0. The molecule has 4 rings (SSSR count). The van der Waals surface area contributed by atoms with Crippen LogP contribution in [0.5, 0.6) is 0 Å². The van der Waals surface area contributed by atoms with E-state index in [1.807, 2.05) is 11.7 Å². The molecule has 1 aromatic rings. The standard InChI is InChI=1S/C18H30N6O.HI/c1-19-17(20-12-18(8-3-9-18)13-4-5-13)21-14-6-7-16-22-15(11-25-2)23-24(16)10-14;/h13-14H,3-12H2,1-2H3,(H2,19,20,21);1H. The minimum Gasteiger partial charge on any atom is -0.377 e. The van der Waals surface area contributed by atoms with Crippen LogP contribution in [0.15, 0.2) is 4.99 Å². The molecule has 0 amide bonds. The highest BCUT2D eigenvalue weighted by Crippen LogP contribution is 2.56. The lowest BCUT2D eigenvalue weighted by Crippen LogP contribution is -2.51. The highest BCUT2D eigenvalue weighted by atomic mass is 127. The number of rotatable bonds is 6. The van der Waals surface area contributed by atoms with Gasteiger partial charge in [-0.3, -0.25) is 4.99 Å². The van der Waals surface area contributed by atoms with E-state index in [0.29, 0.717) is 18.1 Å². The van der Waals surface area contributed by atoms with Gasteiger partial charge in [0, 0.05) is 33.2 Å². The molecule has 7 nitrogen and oxygen atoms in total. The van der Waals surface area contributed by atoms with Crippen molar-refractivity contribution in [2.75, 3.05) is 20.7 Å². The van der Waals surface area contributed by atoms with Crippen molar-refractivity contribution in [1.82, 2.24) is 25.4 Å². The SMILES string of the molecule is CN=C(NCC1(C2CC2)CCC1)NC1CCc2nc(COC)nn2C1.I. The van der Waals surface area contributed by atoms with Crippen molar-refractivity contribution in [3.8, 4) is 0 Å². The Labute approximate surface area is 172 Å². The number of aromatic nitrogens is 3. The minimum absolute atomic E-state index is 0. The number of guanidine groups is 1. The van der Waals surface area contributed by atoms with Crippen LogP contribution in [-0.2, 0) is 24.3 Å². The molecule has 1 atom stereocenters. The first kappa shape index (κ1) is 19.9. The molecule has 0 bridgehead atoms. The Morgan fingerprint density at radius 1 is 1.35 bits per heavy atom. The molecule has 26 heavy (non-hydrogen) atoms. The van der Waals surface area contributed by atoms with Crippen LogP contribution in [0.3, 0.4) is 0 Å². The maximum Gasteiger partial charge on any atom is 0.191 e. The molecule has 8 heteroatoms. The lowest BCUT2D eigenvalue weighted by molar-refractivity contribution is 0.105. The summed E-state index contributed by atoms with van der Waals surface area (Å²) in [6, 6.07) is 0.342. The van der Waals surface area contributed by atoms with Crippen LogP contribution >= 0.6 is 24.0 Å². The maximum atomic E-state index is 5.14. The second-order valence-corrected chi connectivity index (χ2v) is 7.86. The number of fused-ring (bicyclic) bond motifs is 1. The van der Waals surface area contributed by atoms with E-state index in [2.05, 4.69) is 25.7 Å².